The fraction of sp³-hybridized carbons (Fsp3) is 0.333. The molecule has 1 saturated heterocycles. The molecular weight excluding hydrogens is 317 g/mol. The lowest BCUT2D eigenvalue weighted by Crippen LogP contribution is -2.36. The highest BCUT2D eigenvalue weighted by molar-refractivity contribution is 6.42. The Kier molecular flexibility index (Phi) is 3.77. The molecule has 114 valence electrons. The maximum absolute atomic E-state index is 6.47. The van der Waals surface area contributed by atoms with Crippen LogP contribution in [-0.2, 0) is 4.74 Å². The van der Waals surface area contributed by atoms with Crippen LogP contribution >= 0.6 is 23.2 Å². The minimum absolute atomic E-state index is 0.0152. The number of hydrogen-bond donors (Lipinski definition) is 1. The summed E-state index contributed by atoms with van der Waals surface area (Å²) in [6.07, 6.45) is 2.22. The van der Waals surface area contributed by atoms with Crippen molar-refractivity contribution in [3.8, 4) is 0 Å². The summed E-state index contributed by atoms with van der Waals surface area (Å²) >= 11 is 12.7. The standard InChI is InChI=1S/C18H17Cl2NO/c19-13-8-9-14-15(16(13)20)18-12(7-4-10-22-18)17(21-14)11-5-2-1-3-6-11/h1-3,5-6,8-9,12,17-18,21H,4,7,10H2/t12-,17+,18-/m0/s1. The average Bonchev–Trinajstić information content (AvgIpc) is 2.58. The first-order valence-electron chi connectivity index (χ1n) is 7.66. The Morgan fingerprint density at radius 2 is 1.86 bits per heavy atom. The molecule has 0 aromatic heterocycles. The van der Waals surface area contributed by atoms with Crippen LogP contribution in [0.5, 0.6) is 0 Å². The summed E-state index contributed by atoms with van der Waals surface area (Å²) in [5.74, 6) is 0.375. The van der Waals surface area contributed by atoms with Gasteiger partial charge in [-0.2, -0.15) is 0 Å². The molecule has 4 heteroatoms. The number of rotatable bonds is 1. The second-order valence-corrected chi connectivity index (χ2v) is 6.74. The van der Waals surface area contributed by atoms with Crippen LogP contribution in [0.2, 0.25) is 10.0 Å². The van der Waals surface area contributed by atoms with Crippen LogP contribution < -0.4 is 5.32 Å². The predicted octanol–water partition coefficient (Wildman–Crippen LogP) is 5.63. The molecule has 1 N–H and O–H groups in total. The van der Waals surface area contributed by atoms with E-state index in [1.165, 1.54) is 5.56 Å². The molecule has 0 radical (unpaired) electrons. The van der Waals surface area contributed by atoms with Crippen LogP contribution in [0.4, 0.5) is 5.69 Å². The van der Waals surface area contributed by atoms with Gasteiger partial charge in [0.25, 0.3) is 0 Å². The highest BCUT2D eigenvalue weighted by atomic mass is 35.5. The van der Waals surface area contributed by atoms with Gasteiger partial charge in [-0.1, -0.05) is 53.5 Å². The lowest BCUT2D eigenvalue weighted by atomic mass is 9.77. The van der Waals surface area contributed by atoms with Gasteiger partial charge in [-0.15, -0.1) is 0 Å². The SMILES string of the molecule is Clc1ccc2c(c1Cl)[C@H]1OCCC[C@H]1[C@@H](c1ccccc1)N2. The fourth-order valence-electron chi connectivity index (χ4n) is 3.68. The van der Waals surface area contributed by atoms with E-state index in [-0.39, 0.29) is 12.1 Å². The van der Waals surface area contributed by atoms with Gasteiger partial charge in [0.05, 0.1) is 22.2 Å². The first-order chi connectivity index (χ1) is 10.8. The van der Waals surface area contributed by atoms with Crippen molar-refractivity contribution in [1.29, 1.82) is 0 Å². The third-order valence-electron chi connectivity index (χ3n) is 4.68. The summed E-state index contributed by atoms with van der Waals surface area (Å²) < 4.78 is 6.11. The molecule has 2 heterocycles. The topological polar surface area (TPSA) is 21.3 Å². The minimum Gasteiger partial charge on any atom is -0.377 e. The van der Waals surface area contributed by atoms with Gasteiger partial charge in [0, 0.05) is 23.8 Å². The normalized spacial score (nSPS) is 26.7. The Balaban J connectivity index is 1.83. The van der Waals surface area contributed by atoms with E-state index in [2.05, 4.69) is 29.6 Å². The zero-order valence-electron chi connectivity index (χ0n) is 12.1. The molecule has 0 spiro atoms. The number of nitrogens with one attached hydrogen (secondary N) is 1. The molecule has 1 fully saturated rings. The predicted molar refractivity (Wildman–Crippen MR) is 90.7 cm³/mol. The van der Waals surface area contributed by atoms with Gasteiger partial charge in [-0.05, 0) is 30.5 Å². The van der Waals surface area contributed by atoms with Gasteiger partial charge < -0.3 is 10.1 Å². The summed E-state index contributed by atoms with van der Waals surface area (Å²) in [6, 6.07) is 14.7. The van der Waals surface area contributed by atoms with Crippen LogP contribution in [-0.4, -0.2) is 6.61 Å². The third-order valence-corrected chi connectivity index (χ3v) is 5.50. The average molecular weight is 334 g/mol. The Hall–Kier alpha value is -1.22. The van der Waals surface area contributed by atoms with Gasteiger partial charge in [0.1, 0.15) is 0 Å². The molecule has 0 aliphatic carbocycles. The molecule has 0 amide bonds. The zero-order chi connectivity index (χ0) is 15.1. The summed E-state index contributed by atoms with van der Waals surface area (Å²) in [5.41, 5.74) is 3.34. The van der Waals surface area contributed by atoms with Gasteiger partial charge in [0.15, 0.2) is 0 Å². The van der Waals surface area contributed by atoms with E-state index < -0.39 is 0 Å². The molecule has 2 aliphatic rings. The van der Waals surface area contributed by atoms with Crippen molar-refractivity contribution >= 4 is 28.9 Å². The molecule has 22 heavy (non-hydrogen) atoms. The molecule has 2 aromatic carbocycles. The summed E-state index contributed by atoms with van der Waals surface area (Å²) in [4.78, 5) is 0. The molecule has 0 unspecified atom stereocenters. The number of halogens is 2. The molecule has 3 atom stereocenters. The molecule has 0 bridgehead atoms. The fourth-order valence-corrected chi connectivity index (χ4v) is 4.12. The van der Waals surface area contributed by atoms with Crippen LogP contribution in [0.3, 0.4) is 0 Å². The molecule has 2 aliphatic heterocycles. The van der Waals surface area contributed by atoms with Crippen molar-refractivity contribution in [3.05, 3.63) is 63.6 Å². The summed E-state index contributed by atoms with van der Waals surface area (Å²) in [7, 11) is 0. The molecule has 0 saturated carbocycles. The minimum atomic E-state index is 0.0152. The second kappa shape index (κ2) is 5.77. The molecule has 4 rings (SSSR count). The molecular formula is C18H17Cl2NO. The van der Waals surface area contributed by atoms with E-state index in [1.54, 1.807) is 0 Å². The van der Waals surface area contributed by atoms with Crippen LogP contribution in [0.15, 0.2) is 42.5 Å². The van der Waals surface area contributed by atoms with Crippen LogP contribution in [0.1, 0.15) is 36.1 Å². The molecule has 2 nitrogen and oxygen atoms in total. The Bertz CT molecular complexity index is 689. The Morgan fingerprint density at radius 3 is 2.68 bits per heavy atom. The van der Waals surface area contributed by atoms with Crippen molar-refractivity contribution in [1.82, 2.24) is 0 Å². The lowest BCUT2D eigenvalue weighted by Gasteiger charge is -2.43. The lowest BCUT2D eigenvalue weighted by molar-refractivity contribution is -0.0380. The Labute approximate surface area is 140 Å². The summed E-state index contributed by atoms with van der Waals surface area (Å²) in [6.45, 7) is 0.783. The van der Waals surface area contributed by atoms with Crippen LogP contribution in [0, 0.1) is 5.92 Å². The number of anilines is 1. The maximum atomic E-state index is 6.47. The largest absolute Gasteiger partial charge is 0.377 e. The van der Waals surface area contributed by atoms with E-state index >= 15 is 0 Å². The zero-order valence-corrected chi connectivity index (χ0v) is 13.6. The first kappa shape index (κ1) is 14.4. The van der Waals surface area contributed by atoms with Crippen molar-refractivity contribution < 1.29 is 4.74 Å². The number of benzene rings is 2. The quantitative estimate of drug-likeness (QED) is 0.730. The number of ether oxygens (including phenoxy) is 1. The van der Waals surface area contributed by atoms with Crippen molar-refractivity contribution in [3.63, 3.8) is 0 Å². The number of fused-ring (bicyclic) bond motifs is 3. The molecule has 2 aromatic rings. The third kappa shape index (κ3) is 2.30. The second-order valence-electron chi connectivity index (χ2n) is 5.95. The van der Waals surface area contributed by atoms with E-state index in [0.717, 1.165) is 30.7 Å². The van der Waals surface area contributed by atoms with Crippen molar-refractivity contribution in [2.24, 2.45) is 5.92 Å². The van der Waals surface area contributed by atoms with Gasteiger partial charge in [0.2, 0.25) is 0 Å². The van der Waals surface area contributed by atoms with Gasteiger partial charge >= 0.3 is 0 Å². The van der Waals surface area contributed by atoms with Crippen molar-refractivity contribution in [2.45, 2.75) is 25.0 Å². The highest BCUT2D eigenvalue weighted by Gasteiger charge is 2.41. The smallest absolute Gasteiger partial charge is 0.0911 e. The van der Waals surface area contributed by atoms with Crippen LogP contribution in [0.25, 0.3) is 0 Å². The Morgan fingerprint density at radius 1 is 1.05 bits per heavy atom. The van der Waals surface area contributed by atoms with E-state index in [4.69, 9.17) is 27.9 Å². The monoisotopic (exact) mass is 333 g/mol. The highest BCUT2D eigenvalue weighted by Crippen LogP contribution is 2.52. The first-order valence-corrected chi connectivity index (χ1v) is 8.42. The van der Waals surface area contributed by atoms with E-state index in [9.17, 15) is 0 Å². The van der Waals surface area contributed by atoms with E-state index in [1.807, 2.05) is 18.2 Å². The summed E-state index contributed by atoms with van der Waals surface area (Å²) in [5, 5.41) is 4.87. The maximum Gasteiger partial charge on any atom is 0.0911 e. The van der Waals surface area contributed by atoms with Crippen molar-refractivity contribution in [2.75, 3.05) is 11.9 Å². The number of hydrogen-bond acceptors (Lipinski definition) is 2. The van der Waals surface area contributed by atoms with E-state index in [0.29, 0.717) is 16.0 Å². The van der Waals surface area contributed by atoms with Gasteiger partial charge in [-0.25, -0.2) is 0 Å². The van der Waals surface area contributed by atoms with Gasteiger partial charge in [-0.3, -0.25) is 0 Å².